The van der Waals surface area contributed by atoms with Crippen LogP contribution in [0.3, 0.4) is 0 Å². The van der Waals surface area contributed by atoms with Crippen molar-refractivity contribution in [3.05, 3.63) is 58.6 Å². The first-order chi connectivity index (χ1) is 12.7. The first-order valence-corrected chi connectivity index (χ1v) is 7.93. The molecule has 0 radical (unpaired) electrons. The van der Waals surface area contributed by atoms with Gasteiger partial charge in [-0.05, 0) is 30.3 Å². The number of rotatable bonds is 4. The molecule has 142 valence electrons. The molecule has 6 nitrogen and oxygen atoms in total. The van der Waals surface area contributed by atoms with Gasteiger partial charge >= 0.3 is 11.9 Å². The number of benzene rings is 2. The van der Waals surface area contributed by atoms with Crippen LogP contribution in [-0.4, -0.2) is 24.6 Å². The number of carbonyl (C=O) groups excluding carboxylic acids is 1. The molecule has 0 bridgehead atoms. The second-order valence-corrected chi connectivity index (χ2v) is 6.09. The smallest absolute Gasteiger partial charge is 0.408 e. The number of oxazole rings is 1. The molecule has 1 amide bonds. The maximum Gasteiger partial charge on any atom is 0.420 e. The minimum Gasteiger partial charge on any atom is -0.408 e. The maximum absolute atomic E-state index is 13.0. The topological polar surface area (TPSA) is 67.5 Å². The van der Waals surface area contributed by atoms with Crippen molar-refractivity contribution in [3.63, 3.8) is 0 Å². The summed E-state index contributed by atoms with van der Waals surface area (Å²) in [5.41, 5.74) is 0.272. The van der Waals surface area contributed by atoms with Crippen molar-refractivity contribution in [2.75, 3.05) is 24.3 Å². The van der Waals surface area contributed by atoms with Gasteiger partial charge in [0.1, 0.15) is 6.54 Å². The quantitative estimate of drug-likeness (QED) is 0.755. The van der Waals surface area contributed by atoms with Crippen molar-refractivity contribution in [2.45, 2.75) is 12.7 Å². The number of carbonyl (C=O) groups is 1. The van der Waals surface area contributed by atoms with Gasteiger partial charge in [0.2, 0.25) is 5.91 Å². The molecule has 0 aliphatic heterocycles. The predicted molar refractivity (Wildman–Crippen MR) is 94.9 cm³/mol. The Labute approximate surface area is 151 Å². The summed E-state index contributed by atoms with van der Waals surface area (Å²) in [5.74, 6) is -1.37. The molecule has 1 aromatic heterocycles. The van der Waals surface area contributed by atoms with Crippen LogP contribution in [0.1, 0.15) is 5.56 Å². The van der Waals surface area contributed by atoms with Gasteiger partial charge in [-0.3, -0.25) is 9.36 Å². The molecule has 3 aromatic rings. The minimum absolute atomic E-state index is 0.000624. The predicted octanol–water partition coefficient (Wildman–Crippen LogP) is 3.32. The van der Waals surface area contributed by atoms with Crippen molar-refractivity contribution in [2.24, 2.45) is 0 Å². The SMILES string of the molecule is CN(C)c1ccc(C(F)(F)F)cc1NC(=O)Cn1c(=O)oc2ccccc21. The summed E-state index contributed by atoms with van der Waals surface area (Å²) in [5, 5.41) is 2.45. The van der Waals surface area contributed by atoms with Gasteiger partial charge in [0.25, 0.3) is 0 Å². The summed E-state index contributed by atoms with van der Waals surface area (Å²) in [6.45, 7) is -0.390. The van der Waals surface area contributed by atoms with Gasteiger partial charge in [0.05, 0.1) is 22.5 Å². The molecule has 0 unspecified atom stereocenters. The Hall–Kier alpha value is -3.23. The van der Waals surface area contributed by atoms with Crippen LogP contribution < -0.4 is 16.0 Å². The molecule has 0 fully saturated rings. The van der Waals surface area contributed by atoms with Crippen LogP contribution in [-0.2, 0) is 17.5 Å². The van der Waals surface area contributed by atoms with Crippen molar-refractivity contribution in [1.82, 2.24) is 4.57 Å². The van der Waals surface area contributed by atoms with Crippen molar-refractivity contribution in [3.8, 4) is 0 Å². The van der Waals surface area contributed by atoms with Crippen LogP contribution >= 0.6 is 0 Å². The van der Waals surface area contributed by atoms with E-state index < -0.39 is 23.4 Å². The Morgan fingerprint density at radius 1 is 1.19 bits per heavy atom. The molecule has 27 heavy (non-hydrogen) atoms. The third kappa shape index (κ3) is 3.81. The third-order valence-electron chi connectivity index (χ3n) is 3.96. The molecule has 0 aliphatic carbocycles. The average molecular weight is 379 g/mol. The number of para-hydroxylation sites is 2. The normalized spacial score (nSPS) is 11.6. The van der Waals surface area contributed by atoms with Gasteiger partial charge in [0, 0.05) is 14.1 Å². The molecule has 3 rings (SSSR count). The van der Waals surface area contributed by atoms with E-state index in [-0.39, 0.29) is 12.2 Å². The number of anilines is 2. The monoisotopic (exact) mass is 379 g/mol. The van der Waals surface area contributed by atoms with Gasteiger partial charge in [-0.15, -0.1) is 0 Å². The summed E-state index contributed by atoms with van der Waals surface area (Å²) in [7, 11) is 3.29. The van der Waals surface area contributed by atoms with E-state index in [9.17, 15) is 22.8 Å². The van der Waals surface area contributed by atoms with Crippen LogP contribution in [0.15, 0.2) is 51.7 Å². The second kappa shape index (κ2) is 6.82. The summed E-state index contributed by atoms with van der Waals surface area (Å²) < 4.78 is 45.1. The highest BCUT2D eigenvalue weighted by Crippen LogP contribution is 2.34. The maximum atomic E-state index is 13.0. The highest BCUT2D eigenvalue weighted by atomic mass is 19.4. The Morgan fingerprint density at radius 2 is 1.89 bits per heavy atom. The van der Waals surface area contributed by atoms with E-state index in [1.807, 2.05) is 0 Å². The molecule has 1 heterocycles. The number of hydrogen-bond acceptors (Lipinski definition) is 4. The number of fused-ring (bicyclic) bond motifs is 1. The fraction of sp³-hybridized carbons (Fsp3) is 0.222. The number of nitrogens with one attached hydrogen (secondary N) is 1. The van der Waals surface area contributed by atoms with Gasteiger partial charge in [-0.25, -0.2) is 4.79 Å². The van der Waals surface area contributed by atoms with E-state index in [2.05, 4.69) is 5.32 Å². The summed E-state index contributed by atoms with van der Waals surface area (Å²) in [6.07, 6.45) is -4.54. The molecule has 1 N–H and O–H groups in total. The Morgan fingerprint density at radius 3 is 2.56 bits per heavy atom. The lowest BCUT2D eigenvalue weighted by atomic mass is 10.1. The molecule has 0 aliphatic rings. The number of nitrogens with zero attached hydrogens (tertiary/aromatic N) is 2. The van der Waals surface area contributed by atoms with Crippen molar-refractivity contribution >= 4 is 28.4 Å². The highest BCUT2D eigenvalue weighted by molar-refractivity contribution is 5.95. The first-order valence-electron chi connectivity index (χ1n) is 7.93. The van der Waals surface area contributed by atoms with E-state index >= 15 is 0 Å². The van der Waals surface area contributed by atoms with Crippen LogP contribution in [0, 0.1) is 0 Å². The van der Waals surface area contributed by atoms with Crippen molar-refractivity contribution in [1.29, 1.82) is 0 Å². The number of amides is 1. The van der Waals surface area contributed by atoms with Gasteiger partial charge in [0.15, 0.2) is 5.58 Å². The number of hydrogen-bond donors (Lipinski definition) is 1. The fourth-order valence-corrected chi connectivity index (χ4v) is 2.70. The zero-order valence-electron chi connectivity index (χ0n) is 14.5. The highest BCUT2D eigenvalue weighted by Gasteiger charge is 2.31. The molecule has 0 atom stereocenters. The number of aromatic nitrogens is 1. The Kier molecular flexibility index (Phi) is 4.69. The molecule has 0 saturated carbocycles. The summed E-state index contributed by atoms with van der Waals surface area (Å²) in [4.78, 5) is 25.9. The molecule has 2 aromatic carbocycles. The largest absolute Gasteiger partial charge is 0.420 e. The minimum atomic E-state index is -4.54. The number of halogens is 3. The van der Waals surface area contributed by atoms with Crippen LogP contribution in [0.5, 0.6) is 0 Å². The first kappa shape index (κ1) is 18.6. The fourth-order valence-electron chi connectivity index (χ4n) is 2.70. The van der Waals surface area contributed by atoms with Crippen molar-refractivity contribution < 1.29 is 22.4 Å². The van der Waals surface area contributed by atoms with Crippen LogP contribution in [0.25, 0.3) is 11.1 Å². The van der Waals surface area contributed by atoms with E-state index in [4.69, 9.17) is 4.42 Å². The van der Waals surface area contributed by atoms with Crippen LogP contribution in [0.4, 0.5) is 24.5 Å². The summed E-state index contributed by atoms with van der Waals surface area (Å²) >= 11 is 0. The van der Waals surface area contributed by atoms with Gasteiger partial charge in [-0.2, -0.15) is 13.2 Å². The van der Waals surface area contributed by atoms with Gasteiger partial charge < -0.3 is 14.6 Å². The summed E-state index contributed by atoms with van der Waals surface area (Å²) in [6, 6.07) is 9.65. The Bertz CT molecular complexity index is 1050. The lowest BCUT2D eigenvalue weighted by Crippen LogP contribution is -2.26. The van der Waals surface area contributed by atoms with Gasteiger partial charge in [-0.1, -0.05) is 12.1 Å². The van der Waals surface area contributed by atoms with E-state index in [0.717, 1.165) is 16.7 Å². The molecular formula is C18H16F3N3O3. The molecular weight excluding hydrogens is 363 g/mol. The Balaban J connectivity index is 1.91. The third-order valence-corrected chi connectivity index (χ3v) is 3.96. The molecule has 0 saturated heterocycles. The average Bonchev–Trinajstić information content (AvgIpc) is 2.89. The lowest BCUT2D eigenvalue weighted by molar-refractivity contribution is -0.137. The van der Waals surface area contributed by atoms with E-state index in [0.29, 0.717) is 16.8 Å². The molecule has 0 spiro atoms. The lowest BCUT2D eigenvalue weighted by Gasteiger charge is -2.19. The van der Waals surface area contributed by atoms with E-state index in [1.165, 1.54) is 6.07 Å². The number of alkyl halides is 3. The van der Waals surface area contributed by atoms with E-state index in [1.54, 1.807) is 43.3 Å². The molecule has 9 heteroatoms. The zero-order chi connectivity index (χ0) is 19.8. The second-order valence-electron chi connectivity index (χ2n) is 6.09. The zero-order valence-corrected chi connectivity index (χ0v) is 14.5. The standard InChI is InChI=1S/C18H16F3N3O3/c1-23(2)13-8-7-11(18(19,20)21)9-12(13)22-16(25)10-24-14-5-3-4-6-15(14)27-17(24)26/h3-9H,10H2,1-2H3,(H,22,25). The van der Waals surface area contributed by atoms with Crippen LogP contribution in [0.2, 0.25) is 0 Å².